The van der Waals surface area contributed by atoms with Crippen molar-refractivity contribution >= 4 is 39.8 Å². The van der Waals surface area contributed by atoms with Gasteiger partial charge in [-0.2, -0.15) is 0 Å². The van der Waals surface area contributed by atoms with E-state index in [0.29, 0.717) is 23.7 Å². The third-order valence-corrected chi connectivity index (χ3v) is 12.2. The van der Waals surface area contributed by atoms with Gasteiger partial charge in [0.2, 0.25) is 0 Å². The van der Waals surface area contributed by atoms with Crippen LogP contribution in [0.1, 0.15) is 135 Å². The second kappa shape index (κ2) is 17.6. The Hall–Kier alpha value is -6.13. The van der Waals surface area contributed by atoms with Gasteiger partial charge in [0.1, 0.15) is 0 Å². The molecule has 0 spiro atoms. The van der Waals surface area contributed by atoms with Crippen molar-refractivity contribution in [1.82, 2.24) is 4.57 Å². The smallest absolute Gasteiger partial charge is 0.0977 e. The number of anilines is 2. The van der Waals surface area contributed by atoms with Gasteiger partial charge in [0.05, 0.1) is 17.4 Å². The second-order valence-corrected chi connectivity index (χ2v) is 17.6. The van der Waals surface area contributed by atoms with Gasteiger partial charge in [-0.3, -0.25) is 4.99 Å². The lowest BCUT2D eigenvalue weighted by atomic mass is 9.92. The lowest BCUT2D eigenvalue weighted by Crippen LogP contribution is -2.27. The lowest BCUT2D eigenvalue weighted by Gasteiger charge is -2.30. The molecular weight excluding hydrogens is 729 g/mol. The van der Waals surface area contributed by atoms with E-state index in [-0.39, 0.29) is 6.04 Å². The quantitative estimate of drug-likeness (QED) is 0.118. The highest BCUT2D eigenvalue weighted by atomic mass is 15.2. The topological polar surface area (TPSA) is 32.6 Å². The van der Waals surface area contributed by atoms with Crippen molar-refractivity contribution in [2.24, 2.45) is 4.99 Å². The van der Waals surface area contributed by atoms with E-state index >= 15 is 0 Å². The highest BCUT2D eigenvalue weighted by Gasteiger charge is 2.39. The van der Waals surface area contributed by atoms with E-state index < -0.39 is 0 Å². The number of nitrogens with one attached hydrogen (secondary N) is 1. The number of benzene rings is 6. The lowest BCUT2D eigenvalue weighted by molar-refractivity contribution is 0.680. The van der Waals surface area contributed by atoms with Crippen LogP contribution in [0, 0.1) is 0 Å². The molecular formula is C56H60N4. The Morgan fingerprint density at radius 1 is 0.550 bits per heavy atom. The highest BCUT2D eigenvalue weighted by Crippen LogP contribution is 2.51. The molecule has 0 unspecified atom stereocenters. The van der Waals surface area contributed by atoms with Crippen LogP contribution < -0.4 is 10.2 Å². The zero-order valence-corrected chi connectivity index (χ0v) is 36.7. The summed E-state index contributed by atoms with van der Waals surface area (Å²) in [6, 6.07) is 53.1. The largest absolute Gasteiger partial charge is 0.361 e. The average molecular weight is 789 g/mol. The molecule has 0 saturated carbocycles. The molecule has 304 valence electrons. The summed E-state index contributed by atoms with van der Waals surface area (Å²) < 4.78 is 2.58. The number of aromatic nitrogens is 1. The Balaban J connectivity index is 1.43. The van der Waals surface area contributed by atoms with E-state index in [9.17, 15) is 0 Å². The summed E-state index contributed by atoms with van der Waals surface area (Å²) in [6.45, 7) is 19.8. The van der Waals surface area contributed by atoms with Crippen LogP contribution in [-0.2, 0) is 13.1 Å². The third kappa shape index (κ3) is 7.96. The van der Waals surface area contributed by atoms with Crippen molar-refractivity contribution in [1.29, 1.82) is 0 Å². The van der Waals surface area contributed by atoms with Crippen LogP contribution in [0.2, 0.25) is 0 Å². The summed E-state index contributed by atoms with van der Waals surface area (Å²) in [5.41, 5.74) is 17.4. The summed E-state index contributed by atoms with van der Waals surface area (Å²) >= 11 is 0. The van der Waals surface area contributed by atoms with E-state index in [1.165, 1.54) is 72.5 Å². The van der Waals surface area contributed by atoms with Gasteiger partial charge in [-0.05, 0) is 69.2 Å². The standard InChI is InChI=1S/C56H60N4/c1-37(2)43-27-19-28-44(38(3)4)53(43)57-33-49-47-25-15-17-31-51(47)59(35-41-21-11-9-12-22-41)55(49)56-50(34-58-54-45(39(5)6)29-20-30-46(54)40(7)8)48-26-16-18-32-52(48)60(56)36-42-23-13-10-14-24-42/h9-34,37-40,55,57H,35-36H2,1-8H3/b49-33-,58-34?/t55-/m1/s1. The fourth-order valence-corrected chi connectivity index (χ4v) is 9.21. The second-order valence-electron chi connectivity index (χ2n) is 17.6. The van der Waals surface area contributed by atoms with Crippen LogP contribution in [0.25, 0.3) is 16.5 Å². The summed E-state index contributed by atoms with van der Waals surface area (Å²) in [5.74, 6) is 1.41. The minimum absolute atomic E-state index is 0.147. The first-order chi connectivity index (χ1) is 29.1. The number of nitrogens with zero attached hydrogens (tertiary/aromatic N) is 3. The van der Waals surface area contributed by atoms with E-state index in [0.717, 1.165) is 24.3 Å². The molecule has 0 amide bonds. The molecule has 8 rings (SSSR count). The first kappa shape index (κ1) is 40.6. The molecule has 0 fully saturated rings. The number of hydrogen-bond donors (Lipinski definition) is 1. The molecule has 1 N–H and O–H groups in total. The summed E-state index contributed by atoms with van der Waals surface area (Å²) in [5, 5.41) is 5.20. The maximum atomic E-state index is 5.57. The van der Waals surface area contributed by atoms with E-state index in [1.807, 2.05) is 0 Å². The molecule has 1 aromatic heterocycles. The minimum Gasteiger partial charge on any atom is -0.361 e. The fraction of sp³-hybridized carbons (Fsp3) is 0.268. The first-order valence-electron chi connectivity index (χ1n) is 21.9. The third-order valence-electron chi connectivity index (χ3n) is 12.2. The van der Waals surface area contributed by atoms with Crippen molar-refractivity contribution in [2.45, 2.75) is 98.2 Å². The molecule has 0 saturated heterocycles. The zero-order chi connectivity index (χ0) is 41.9. The predicted molar refractivity (Wildman–Crippen MR) is 257 cm³/mol. The molecule has 6 aromatic carbocycles. The number of rotatable bonds is 13. The minimum atomic E-state index is -0.147. The molecule has 0 aliphatic carbocycles. The zero-order valence-electron chi connectivity index (χ0n) is 36.7. The van der Waals surface area contributed by atoms with Crippen LogP contribution in [0.5, 0.6) is 0 Å². The van der Waals surface area contributed by atoms with E-state index in [2.05, 4.69) is 228 Å². The maximum absolute atomic E-state index is 5.57. The Kier molecular flexibility index (Phi) is 11.9. The van der Waals surface area contributed by atoms with Crippen molar-refractivity contribution in [3.8, 4) is 0 Å². The molecule has 7 aromatic rings. The molecule has 1 atom stereocenters. The van der Waals surface area contributed by atoms with Crippen LogP contribution in [0.4, 0.5) is 17.1 Å². The molecule has 1 aliphatic rings. The molecule has 4 heteroatoms. The van der Waals surface area contributed by atoms with Crippen LogP contribution in [0.3, 0.4) is 0 Å². The van der Waals surface area contributed by atoms with Crippen LogP contribution in [0.15, 0.2) is 157 Å². The number of fused-ring (bicyclic) bond motifs is 2. The van der Waals surface area contributed by atoms with E-state index in [4.69, 9.17) is 4.99 Å². The van der Waals surface area contributed by atoms with Gasteiger partial charge in [0.15, 0.2) is 0 Å². The van der Waals surface area contributed by atoms with Crippen LogP contribution in [-0.4, -0.2) is 10.8 Å². The van der Waals surface area contributed by atoms with Gasteiger partial charge in [-0.15, -0.1) is 0 Å². The number of hydrogen-bond acceptors (Lipinski definition) is 3. The molecule has 4 nitrogen and oxygen atoms in total. The summed E-state index contributed by atoms with van der Waals surface area (Å²) in [6.07, 6.45) is 4.53. The molecule has 60 heavy (non-hydrogen) atoms. The Morgan fingerprint density at radius 3 is 1.67 bits per heavy atom. The molecule has 1 aliphatic heterocycles. The monoisotopic (exact) mass is 788 g/mol. The normalized spacial score (nSPS) is 14.8. The van der Waals surface area contributed by atoms with E-state index in [1.54, 1.807) is 0 Å². The molecule has 2 heterocycles. The van der Waals surface area contributed by atoms with Crippen LogP contribution >= 0.6 is 0 Å². The Labute approximate surface area is 358 Å². The predicted octanol–water partition coefficient (Wildman–Crippen LogP) is 15.1. The van der Waals surface area contributed by atoms with Crippen molar-refractivity contribution in [3.63, 3.8) is 0 Å². The maximum Gasteiger partial charge on any atom is 0.0977 e. The highest BCUT2D eigenvalue weighted by molar-refractivity contribution is 6.04. The van der Waals surface area contributed by atoms with Gasteiger partial charge >= 0.3 is 0 Å². The van der Waals surface area contributed by atoms with Gasteiger partial charge < -0.3 is 14.8 Å². The van der Waals surface area contributed by atoms with Gasteiger partial charge in [0, 0.05) is 64.5 Å². The van der Waals surface area contributed by atoms with Gasteiger partial charge in [0.25, 0.3) is 0 Å². The Bertz CT molecular complexity index is 2590. The van der Waals surface area contributed by atoms with Gasteiger partial charge in [-0.25, -0.2) is 0 Å². The van der Waals surface area contributed by atoms with Crippen molar-refractivity contribution in [2.75, 3.05) is 10.2 Å². The number of aliphatic imine (C=N–C) groups is 1. The number of para-hydroxylation sites is 4. The summed E-state index contributed by atoms with van der Waals surface area (Å²) in [4.78, 5) is 8.20. The van der Waals surface area contributed by atoms with Gasteiger partial charge in [-0.1, -0.05) is 189 Å². The average Bonchev–Trinajstić information content (AvgIpc) is 3.72. The fourth-order valence-electron chi connectivity index (χ4n) is 9.21. The Morgan fingerprint density at radius 2 is 1.07 bits per heavy atom. The SMILES string of the molecule is CC(C)c1cccc(C(C)C)c1N=Cc1c([C@H]2/C(=C\Nc3c(C(C)C)cccc3C(C)C)c3ccccc3N2Cc2ccccc2)n(Cc2ccccc2)c2ccccc12. The van der Waals surface area contributed by atoms with Crippen molar-refractivity contribution < 1.29 is 0 Å². The molecule has 0 bridgehead atoms. The molecule has 0 radical (unpaired) electrons. The summed E-state index contributed by atoms with van der Waals surface area (Å²) in [7, 11) is 0. The first-order valence-corrected chi connectivity index (χ1v) is 21.9. The van der Waals surface area contributed by atoms with Crippen molar-refractivity contribution in [3.05, 3.63) is 202 Å².